The molecule has 0 N–H and O–H groups in total. The predicted molar refractivity (Wildman–Crippen MR) is 72.9 cm³/mol. The van der Waals surface area contributed by atoms with Gasteiger partial charge in [0, 0.05) is 19.5 Å². The van der Waals surface area contributed by atoms with Crippen molar-refractivity contribution in [2.75, 3.05) is 19.7 Å². The molecule has 2 aliphatic rings. The molecule has 0 aromatic rings. The number of hydrogen-bond acceptors (Lipinski definition) is 4. The molecule has 0 unspecified atom stereocenters. The van der Waals surface area contributed by atoms with Gasteiger partial charge in [-0.1, -0.05) is 12.8 Å². The summed E-state index contributed by atoms with van der Waals surface area (Å²) in [7, 11) is 0. The second-order valence-electron chi connectivity index (χ2n) is 5.80. The number of ether oxygens (including phenoxy) is 1. The Kier molecular flexibility index (Phi) is 5.15. The minimum Gasteiger partial charge on any atom is -0.466 e. The van der Waals surface area contributed by atoms with E-state index in [0.29, 0.717) is 32.0 Å². The zero-order valence-corrected chi connectivity index (χ0v) is 12.1. The van der Waals surface area contributed by atoms with Crippen LogP contribution in [-0.2, 0) is 19.1 Å². The van der Waals surface area contributed by atoms with E-state index >= 15 is 0 Å². The molecule has 1 saturated carbocycles. The lowest BCUT2D eigenvalue weighted by atomic mass is 9.92. The predicted octanol–water partition coefficient (Wildman–Crippen LogP) is 1.55. The summed E-state index contributed by atoms with van der Waals surface area (Å²) in [6, 6.07) is 0. The van der Waals surface area contributed by atoms with Crippen molar-refractivity contribution in [3.05, 3.63) is 0 Å². The van der Waals surface area contributed by atoms with E-state index < -0.39 is 5.97 Å². The Labute approximate surface area is 119 Å². The molecule has 1 aliphatic heterocycles. The molecule has 0 atom stereocenters. The lowest BCUT2D eigenvalue weighted by molar-refractivity contribution is -0.149. The van der Waals surface area contributed by atoms with Gasteiger partial charge in [-0.15, -0.1) is 0 Å². The minimum atomic E-state index is -0.465. The van der Waals surface area contributed by atoms with Gasteiger partial charge in [0.15, 0.2) is 5.78 Å². The van der Waals surface area contributed by atoms with E-state index in [2.05, 4.69) is 0 Å². The molecule has 5 nitrogen and oxygen atoms in total. The maximum Gasteiger partial charge on any atom is 0.313 e. The number of hydrogen-bond donors (Lipinski definition) is 0. The van der Waals surface area contributed by atoms with Crippen LogP contribution in [0.4, 0.5) is 0 Å². The van der Waals surface area contributed by atoms with Crippen LogP contribution in [0.1, 0.15) is 45.4 Å². The van der Waals surface area contributed by atoms with Gasteiger partial charge in [0.05, 0.1) is 12.5 Å². The third-order valence-electron chi connectivity index (χ3n) is 4.25. The molecule has 5 heteroatoms. The Balaban J connectivity index is 1.66. The van der Waals surface area contributed by atoms with Gasteiger partial charge in [0.25, 0.3) is 0 Å². The Hall–Kier alpha value is -1.39. The first kappa shape index (κ1) is 15.0. The van der Waals surface area contributed by atoms with Gasteiger partial charge in [-0.2, -0.15) is 0 Å². The fraction of sp³-hybridized carbons (Fsp3) is 0.800. The first-order chi connectivity index (χ1) is 9.60. The summed E-state index contributed by atoms with van der Waals surface area (Å²) < 4.78 is 4.75. The Morgan fingerprint density at radius 1 is 1.15 bits per heavy atom. The highest BCUT2D eigenvalue weighted by molar-refractivity contribution is 5.98. The Morgan fingerprint density at radius 2 is 1.80 bits per heavy atom. The molecule has 0 radical (unpaired) electrons. The van der Waals surface area contributed by atoms with E-state index in [1.807, 2.05) is 0 Å². The summed E-state index contributed by atoms with van der Waals surface area (Å²) in [4.78, 5) is 36.7. The topological polar surface area (TPSA) is 63.7 Å². The number of ketones is 1. The second kappa shape index (κ2) is 6.86. The number of likely N-dealkylation sites (tertiary alicyclic amines) is 1. The molecule has 0 bridgehead atoms. The lowest BCUT2D eigenvalue weighted by Crippen LogP contribution is -2.53. The average molecular weight is 281 g/mol. The van der Waals surface area contributed by atoms with Crippen molar-refractivity contribution < 1.29 is 19.1 Å². The van der Waals surface area contributed by atoms with Crippen molar-refractivity contribution in [1.29, 1.82) is 0 Å². The van der Waals surface area contributed by atoms with E-state index in [4.69, 9.17) is 4.74 Å². The highest BCUT2D eigenvalue weighted by Gasteiger charge is 2.36. The van der Waals surface area contributed by atoms with Crippen molar-refractivity contribution >= 4 is 17.7 Å². The van der Waals surface area contributed by atoms with E-state index in [1.165, 1.54) is 12.8 Å². The maximum atomic E-state index is 12.0. The van der Waals surface area contributed by atoms with Gasteiger partial charge in [0.2, 0.25) is 5.91 Å². The summed E-state index contributed by atoms with van der Waals surface area (Å²) in [6.07, 6.45) is 5.24. The van der Waals surface area contributed by atoms with Crippen molar-refractivity contribution in [2.45, 2.75) is 45.4 Å². The van der Waals surface area contributed by atoms with Crippen LogP contribution in [0.5, 0.6) is 0 Å². The number of nitrogens with zero attached hydrogens (tertiary/aromatic N) is 1. The van der Waals surface area contributed by atoms with Crippen molar-refractivity contribution in [1.82, 2.24) is 4.90 Å². The fourth-order valence-electron chi connectivity index (χ4n) is 2.98. The fourth-order valence-corrected chi connectivity index (χ4v) is 2.98. The molecular formula is C15H23NO4. The smallest absolute Gasteiger partial charge is 0.313 e. The zero-order chi connectivity index (χ0) is 14.5. The third kappa shape index (κ3) is 3.81. The molecule has 0 aromatic carbocycles. The Morgan fingerprint density at radius 3 is 2.40 bits per heavy atom. The van der Waals surface area contributed by atoms with Crippen LogP contribution >= 0.6 is 0 Å². The first-order valence-electron chi connectivity index (χ1n) is 7.56. The SMILES string of the molecule is CCOC(=O)CC(=O)C1CN(C(=O)CC2CCCC2)C1. The van der Waals surface area contributed by atoms with Crippen molar-refractivity contribution in [3.8, 4) is 0 Å². The molecule has 1 aliphatic carbocycles. The Bertz CT molecular complexity index is 381. The molecule has 1 heterocycles. The number of esters is 1. The van der Waals surface area contributed by atoms with Crippen LogP contribution < -0.4 is 0 Å². The second-order valence-corrected chi connectivity index (χ2v) is 5.80. The molecule has 20 heavy (non-hydrogen) atoms. The van der Waals surface area contributed by atoms with Gasteiger partial charge in [-0.05, 0) is 25.7 Å². The van der Waals surface area contributed by atoms with Crippen LogP contribution in [0, 0.1) is 11.8 Å². The van der Waals surface area contributed by atoms with Crippen molar-refractivity contribution in [3.63, 3.8) is 0 Å². The van der Waals surface area contributed by atoms with Crippen LogP contribution in [0.2, 0.25) is 0 Å². The average Bonchev–Trinajstić information content (AvgIpc) is 2.79. The standard InChI is InChI=1S/C15H23NO4/c1-2-20-15(19)8-13(17)12-9-16(10-12)14(18)7-11-5-3-4-6-11/h11-12H,2-10H2,1H3. The maximum absolute atomic E-state index is 12.0. The summed E-state index contributed by atoms with van der Waals surface area (Å²) >= 11 is 0. The van der Waals surface area contributed by atoms with E-state index in [0.717, 1.165) is 12.8 Å². The van der Waals surface area contributed by atoms with E-state index in [-0.39, 0.29) is 24.0 Å². The van der Waals surface area contributed by atoms with Crippen molar-refractivity contribution in [2.24, 2.45) is 11.8 Å². The molecule has 112 valence electrons. The highest BCUT2D eigenvalue weighted by atomic mass is 16.5. The summed E-state index contributed by atoms with van der Waals surface area (Å²) in [6.45, 7) is 2.96. The number of rotatable bonds is 6. The molecule has 1 saturated heterocycles. The van der Waals surface area contributed by atoms with Crippen LogP contribution in [0.25, 0.3) is 0 Å². The molecular weight excluding hydrogens is 258 g/mol. The molecule has 2 rings (SSSR count). The summed E-state index contributed by atoms with van der Waals surface area (Å²) in [5.74, 6) is -0.0394. The van der Waals surface area contributed by atoms with E-state index in [9.17, 15) is 14.4 Å². The quantitative estimate of drug-likeness (QED) is 0.547. The molecule has 0 aromatic heterocycles. The van der Waals surface area contributed by atoms with Crippen LogP contribution in [0.15, 0.2) is 0 Å². The summed E-state index contributed by atoms with van der Waals surface area (Å²) in [5, 5.41) is 0. The molecule has 0 spiro atoms. The van der Waals surface area contributed by atoms with Gasteiger partial charge < -0.3 is 9.64 Å². The third-order valence-corrected chi connectivity index (χ3v) is 4.25. The number of carbonyl (C=O) groups is 3. The summed E-state index contributed by atoms with van der Waals surface area (Å²) in [5.41, 5.74) is 0. The zero-order valence-electron chi connectivity index (χ0n) is 12.1. The number of carbonyl (C=O) groups excluding carboxylic acids is 3. The highest BCUT2D eigenvalue weighted by Crippen LogP contribution is 2.29. The van der Waals surface area contributed by atoms with Gasteiger partial charge in [-0.25, -0.2) is 0 Å². The molecule has 1 amide bonds. The monoisotopic (exact) mass is 281 g/mol. The largest absolute Gasteiger partial charge is 0.466 e. The van der Waals surface area contributed by atoms with Gasteiger partial charge in [-0.3, -0.25) is 14.4 Å². The van der Waals surface area contributed by atoms with Crippen LogP contribution in [0.3, 0.4) is 0 Å². The van der Waals surface area contributed by atoms with E-state index in [1.54, 1.807) is 11.8 Å². The van der Waals surface area contributed by atoms with Crippen LogP contribution in [-0.4, -0.2) is 42.3 Å². The normalized spacial score (nSPS) is 19.8. The number of amides is 1. The first-order valence-corrected chi connectivity index (χ1v) is 7.56. The number of Topliss-reactive ketones (excluding diaryl/α,β-unsaturated/α-hetero) is 1. The minimum absolute atomic E-state index is 0.103. The van der Waals surface area contributed by atoms with Gasteiger partial charge in [0.1, 0.15) is 6.42 Å². The lowest BCUT2D eigenvalue weighted by Gasteiger charge is -2.38. The molecule has 2 fully saturated rings. The van der Waals surface area contributed by atoms with Gasteiger partial charge >= 0.3 is 5.97 Å².